The van der Waals surface area contributed by atoms with E-state index in [0.717, 1.165) is 34.3 Å². The Labute approximate surface area is 225 Å². The van der Waals surface area contributed by atoms with Crippen molar-refractivity contribution in [2.45, 2.75) is 33.0 Å². The van der Waals surface area contributed by atoms with Crippen LogP contribution in [-0.4, -0.2) is 45.3 Å². The van der Waals surface area contributed by atoms with Crippen LogP contribution in [-0.2, 0) is 4.74 Å². The number of hydrogen-bond acceptors (Lipinski definition) is 9. The molecule has 1 aromatic carbocycles. The van der Waals surface area contributed by atoms with Gasteiger partial charge in [0.05, 0.1) is 36.9 Å². The van der Waals surface area contributed by atoms with Gasteiger partial charge in [-0.2, -0.15) is 4.98 Å². The summed E-state index contributed by atoms with van der Waals surface area (Å²) >= 11 is 1.28. The molecule has 0 aliphatic heterocycles. The summed E-state index contributed by atoms with van der Waals surface area (Å²) in [5.74, 6) is -0.907. The number of amides is 1. The van der Waals surface area contributed by atoms with E-state index in [2.05, 4.69) is 25.3 Å². The second-order valence-electron chi connectivity index (χ2n) is 8.83. The van der Waals surface area contributed by atoms with Crippen molar-refractivity contribution in [3.63, 3.8) is 0 Å². The summed E-state index contributed by atoms with van der Waals surface area (Å²) in [7, 11) is 1.58. The molecular weight excluding hydrogens is 528 g/mol. The molecule has 0 aliphatic carbocycles. The van der Waals surface area contributed by atoms with Crippen LogP contribution in [0.4, 0.5) is 19.3 Å². The predicted octanol–water partition coefficient (Wildman–Crippen LogP) is 6.30. The molecule has 200 valence electrons. The van der Waals surface area contributed by atoms with E-state index in [-0.39, 0.29) is 11.6 Å². The van der Waals surface area contributed by atoms with E-state index in [0.29, 0.717) is 21.1 Å². The van der Waals surface area contributed by atoms with Crippen LogP contribution in [0.3, 0.4) is 0 Å². The van der Waals surface area contributed by atoms with Crippen molar-refractivity contribution in [3.05, 3.63) is 66.1 Å². The Morgan fingerprint density at radius 2 is 1.85 bits per heavy atom. The maximum absolute atomic E-state index is 14.9. The Kier molecular flexibility index (Phi) is 7.20. The van der Waals surface area contributed by atoms with E-state index >= 15 is 0 Å². The number of nitrogens with zero attached hydrogens (tertiary/aromatic N) is 4. The van der Waals surface area contributed by atoms with Crippen LogP contribution < -0.4 is 14.8 Å². The maximum atomic E-state index is 14.9. The first-order chi connectivity index (χ1) is 18.7. The van der Waals surface area contributed by atoms with E-state index in [4.69, 9.17) is 14.2 Å². The summed E-state index contributed by atoms with van der Waals surface area (Å²) in [6.45, 7) is 5.17. The average Bonchev–Trinajstić information content (AvgIpc) is 3.30. The van der Waals surface area contributed by atoms with Gasteiger partial charge in [-0.25, -0.2) is 18.6 Å². The summed E-state index contributed by atoms with van der Waals surface area (Å²) in [4.78, 5) is 29.8. The van der Waals surface area contributed by atoms with E-state index in [1.807, 2.05) is 25.1 Å². The van der Waals surface area contributed by atoms with Gasteiger partial charge in [-0.05, 0) is 44.5 Å². The lowest BCUT2D eigenvalue weighted by molar-refractivity contribution is 0.0379. The van der Waals surface area contributed by atoms with Crippen molar-refractivity contribution in [3.8, 4) is 22.2 Å². The maximum Gasteiger partial charge on any atom is 0.412 e. The Balaban J connectivity index is 1.35. The van der Waals surface area contributed by atoms with Gasteiger partial charge >= 0.3 is 6.09 Å². The lowest BCUT2D eigenvalue weighted by atomic mass is 10.1. The van der Waals surface area contributed by atoms with Crippen molar-refractivity contribution in [1.29, 1.82) is 0 Å². The molecule has 12 heteroatoms. The number of halogens is 2. The Hall–Kier alpha value is -4.45. The van der Waals surface area contributed by atoms with Gasteiger partial charge in [0.25, 0.3) is 5.88 Å². The molecule has 2 atom stereocenters. The summed E-state index contributed by atoms with van der Waals surface area (Å²) in [6.07, 6.45) is 1.54. The van der Waals surface area contributed by atoms with Gasteiger partial charge in [-0.3, -0.25) is 15.3 Å². The molecule has 4 heterocycles. The van der Waals surface area contributed by atoms with E-state index in [9.17, 15) is 13.6 Å². The molecule has 0 bridgehead atoms. The van der Waals surface area contributed by atoms with E-state index < -0.39 is 29.9 Å². The lowest BCUT2D eigenvalue weighted by Gasteiger charge is -2.21. The zero-order valence-corrected chi connectivity index (χ0v) is 22.2. The van der Waals surface area contributed by atoms with Crippen molar-refractivity contribution < 1.29 is 27.8 Å². The van der Waals surface area contributed by atoms with Gasteiger partial charge < -0.3 is 14.2 Å². The average molecular weight is 552 g/mol. The van der Waals surface area contributed by atoms with E-state index in [1.165, 1.54) is 23.6 Å². The van der Waals surface area contributed by atoms with Crippen LogP contribution in [0.2, 0.25) is 0 Å². The van der Waals surface area contributed by atoms with Gasteiger partial charge in [0.2, 0.25) is 0 Å². The number of nitrogens with one attached hydrogen (secondary N) is 1. The number of fused-ring (bicyclic) bond motifs is 2. The van der Waals surface area contributed by atoms with Crippen molar-refractivity contribution in [2.75, 3.05) is 12.4 Å². The molecule has 0 spiro atoms. The summed E-state index contributed by atoms with van der Waals surface area (Å²) < 4.78 is 44.5. The zero-order chi connectivity index (χ0) is 27.7. The molecule has 4 aromatic heterocycles. The molecule has 1 N–H and O–H groups in total. The number of benzene rings is 1. The number of thiazole rings is 1. The Morgan fingerprint density at radius 1 is 1.03 bits per heavy atom. The number of rotatable bonds is 7. The fourth-order valence-corrected chi connectivity index (χ4v) is 4.77. The molecule has 1 amide bonds. The smallest absolute Gasteiger partial charge is 0.412 e. The van der Waals surface area contributed by atoms with Crippen molar-refractivity contribution >= 4 is 44.4 Å². The Bertz CT molecular complexity index is 1700. The van der Waals surface area contributed by atoms with Crippen LogP contribution in [0.15, 0.2) is 48.9 Å². The number of carbonyl (C=O) groups excluding carboxylic acids is 1. The summed E-state index contributed by atoms with van der Waals surface area (Å²) in [5.41, 5.74) is 3.06. The monoisotopic (exact) mass is 551 g/mol. The molecule has 0 saturated heterocycles. The third-order valence-corrected chi connectivity index (χ3v) is 6.87. The molecular formula is C27H23F2N5O4S. The number of pyridine rings is 3. The fraction of sp³-hybridized carbons (Fsp3) is 0.222. The van der Waals surface area contributed by atoms with E-state index in [1.54, 1.807) is 27.2 Å². The highest BCUT2D eigenvalue weighted by Gasteiger charge is 2.22. The summed E-state index contributed by atoms with van der Waals surface area (Å²) in [5, 5.41) is 3.91. The minimum atomic E-state index is -0.835. The highest BCUT2D eigenvalue weighted by Crippen LogP contribution is 2.36. The van der Waals surface area contributed by atoms with Crippen LogP contribution in [0.5, 0.6) is 11.6 Å². The molecule has 0 saturated carbocycles. The molecule has 9 nitrogen and oxygen atoms in total. The number of hydrogen-bond donors (Lipinski definition) is 1. The zero-order valence-electron chi connectivity index (χ0n) is 21.4. The van der Waals surface area contributed by atoms with Crippen LogP contribution in [0.25, 0.3) is 31.8 Å². The minimum absolute atomic E-state index is 0.135. The van der Waals surface area contributed by atoms with Crippen molar-refractivity contribution in [1.82, 2.24) is 19.9 Å². The van der Waals surface area contributed by atoms with Crippen LogP contribution in [0.1, 0.15) is 19.4 Å². The molecule has 5 rings (SSSR count). The quantitative estimate of drug-likeness (QED) is 0.251. The molecule has 0 fully saturated rings. The first kappa shape index (κ1) is 26.2. The number of carbonyl (C=O) groups is 1. The number of methoxy groups -OCH3 is 1. The second kappa shape index (κ2) is 10.7. The molecule has 5 aromatic rings. The van der Waals surface area contributed by atoms with Gasteiger partial charge in [0, 0.05) is 23.1 Å². The third-order valence-electron chi connectivity index (χ3n) is 5.88. The normalized spacial score (nSPS) is 12.8. The highest BCUT2D eigenvalue weighted by molar-refractivity contribution is 7.21. The lowest BCUT2D eigenvalue weighted by Crippen LogP contribution is -2.33. The fourth-order valence-electron chi connectivity index (χ4n) is 3.84. The highest BCUT2D eigenvalue weighted by atomic mass is 32.1. The topological polar surface area (TPSA) is 108 Å². The second-order valence-corrected chi connectivity index (χ2v) is 9.81. The number of anilines is 1. The standard InChI is InChI=1S/C27H23F2N5O4S/c1-13-5-16-7-19(36-4)12-31-23(16)20(6-13)25-33-22-9-21(29)24(34-26(22)39-25)37-14(2)15(3)38-27(35)32-18-8-17(28)10-30-11-18/h5-12,14-15H,1-4H3,(H,32,35)/t14-,15+/m0/s1. The minimum Gasteiger partial charge on any atom is -0.495 e. The van der Waals surface area contributed by atoms with Gasteiger partial charge in [0.1, 0.15) is 39.1 Å². The molecule has 0 unspecified atom stereocenters. The van der Waals surface area contributed by atoms with Crippen LogP contribution >= 0.6 is 11.3 Å². The SMILES string of the molecule is COc1cnc2c(-c3nc4cc(F)c(O[C@@H](C)[C@@H](C)OC(=O)Nc5cncc(F)c5)nc4s3)cc(C)cc2c1. The number of ether oxygens (including phenoxy) is 3. The molecule has 0 radical (unpaired) electrons. The molecule has 0 aliphatic rings. The Morgan fingerprint density at radius 3 is 2.62 bits per heavy atom. The van der Waals surface area contributed by atoms with Crippen molar-refractivity contribution in [2.24, 2.45) is 0 Å². The summed E-state index contributed by atoms with van der Waals surface area (Å²) in [6, 6.07) is 8.23. The predicted molar refractivity (Wildman–Crippen MR) is 143 cm³/mol. The molecule has 39 heavy (non-hydrogen) atoms. The number of aryl methyl sites for hydroxylation is 1. The van der Waals surface area contributed by atoms with Gasteiger partial charge in [0.15, 0.2) is 5.82 Å². The van der Waals surface area contributed by atoms with Gasteiger partial charge in [-0.15, -0.1) is 0 Å². The first-order valence-electron chi connectivity index (χ1n) is 11.9. The largest absolute Gasteiger partial charge is 0.495 e. The third kappa shape index (κ3) is 5.70. The van der Waals surface area contributed by atoms with Crippen LogP contribution in [0, 0.1) is 18.6 Å². The first-order valence-corrected chi connectivity index (χ1v) is 12.7. The number of aromatic nitrogens is 4. The van der Waals surface area contributed by atoms with Gasteiger partial charge in [-0.1, -0.05) is 11.3 Å².